The van der Waals surface area contributed by atoms with Crippen LogP contribution in [0.25, 0.3) is 0 Å². The third kappa shape index (κ3) is 2.64. The first kappa shape index (κ1) is 13.4. The number of benzene rings is 2. The molecule has 1 N–H and O–H groups in total. The molecule has 0 amide bonds. The molecule has 0 aliphatic heterocycles. The first-order chi connectivity index (χ1) is 9.90. The molecule has 0 aromatic heterocycles. The first-order valence-corrected chi connectivity index (χ1v) is 7.77. The van der Waals surface area contributed by atoms with Gasteiger partial charge in [0, 0.05) is 0 Å². The molecule has 1 fully saturated rings. The molecule has 0 saturated heterocycles. The minimum atomic E-state index is 0.318. The Kier molecular flexibility index (Phi) is 4.17. The standard InChI is InChI=1S/C19H23N/c1-2-20-19(16-9-4-3-5-10-16)18-14-7-6-13-17(18)15-11-8-12-15/h3-7,9-10,13-15,19-20H,2,8,11-12H2,1H3. The maximum absolute atomic E-state index is 3.66. The Morgan fingerprint density at radius 1 is 1.00 bits per heavy atom. The van der Waals surface area contributed by atoms with E-state index in [1.54, 1.807) is 5.56 Å². The normalized spacial score (nSPS) is 16.6. The highest BCUT2D eigenvalue weighted by Gasteiger charge is 2.25. The van der Waals surface area contributed by atoms with Crippen LogP contribution in [0.1, 0.15) is 54.8 Å². The molecule has 1 aliphatic rings. The molecule has 0 spiro atoms. The summed E-state index contributed by atoms with van der Waals surface area (Å²) >= 11 is 0. The molecule has 0 bridgehead atoms. The summed E-state index contributed by atoms with van der Waals surface area (Å²) in [6.45, 7) is 3.17. The fourth-order valence-electron chi connectivity index (χ4n) is 3.12. The lowest BCUT2D eigenvalue weighted by molar-refractivity contribution is 0.414. The zero-order valence-corrected chi connectivity index (χ0v) is 12.2. The molecule has 1 nitrogen and oxygen atoms in total. The van der Waals surface area contributed by atoms with Crippen LogP contribution in [0.2, 0.25) is 0 Å². The van der Waals surface area contributed by atoms with E-state index in [0.29, 0.717) is 6.04 Å². The number of hydrogen-bond acceptors (Lipinski definition) is 1. The summed E-state index contributed by atoms with van der Waals surface area (Å²) in [5, 5.41) is 3.66. The lowest BCUT2D eigenvalue weighted by Gasteiger charge is -2.31. The monoisotopic (exact) mass is 265 g/mol. The van der Waals surface area contributed by atoms with Gasteiger partial charge in [0.15, 0.2) is 0 Å². The molecule has 2 aromatic carbocycles. The molecule has 2 aromatic rings. The van der Waals surface area contributed by atoms with Gasteiger partial charge in [0.1, 0.15) is 0 Å². The van der Waals surface area contributed by atoms with Crippen molar-refractivity contribution in [1.29, 1.82) is 0 Å². The minimum Gasteiger partial charge on any atom is -0.307 e. The van der Waals surface area contributed by atoms with Crippen LogP contribution >= 0.6 is 0 Å². The van der Waals surface area contributed by atoms with Crippen LogP contribution in [-0.2, 0) is 0 Å². The third-order valence-corrected chi connectivity index (χ3v) is 4.39. The van der Waals surface area contributed by atoms with E-state index >= 15 is 0 Å². The van der Waals surface area contributed by atoms with Crippen molar-refractivity contribution in [1.82, 2.24) is 5.32 Å². The van der Waals surface area contributed by atoms with Gasteiger partial charge in [-0.3, -0.25) is 0 Å². The lowest BCUT2D eigenvalue weighted by atomic mass is 9.76. The highest BCUT2D eigenvalue weighted by molar-refractivity contribution is 5.40. The molecule has 20 heavy (non-hydrogen) atoms. The van der Waals surface area contributed by atoms with Crippen molar-refractivity contribution in [2.75, 3.05) is 6.54 Å². The van der Waals surface area contributed by atoms with Crippen LogP contribution in [0.4, 0.5) is 0 Å². The van der Waals surface area contributed by atoms with Crippen molar-refractivity contribution in [2.24, 2.45) is 0 Å². The average molecular weight is 265 g/mol. The molecule has 0 radical (unpaired) electrons. The van der Waals surface area contributed by atoms with Crippen molar-refractivity contribution in [3.8, 4) is 0 Å². The van der Waals surface area contributed by atoms with E-state index in [1.807, 2.05) is 0 Å². The van der Waals surface area contributed by atoms with E-state index in [1.165, 1.54) is 30.4 Å². The lowest BCUT2D eigenvalue weighted by Crippen LogP contribution is -2.24. The quantitative estimate of drug-likeness (QED) is 0.829. The Hall–Kier alpha value is -1.60. The molecule has 0 heterocycles. The molecular weight excluding hydrogens is 242 g/mol. The second kappa shape index (κ2) is 6.23. The van der Waals surface area contributed by atoms with Gasteiger partial charge in [-0.05, 0) is 42.0 Å². The van der Waals surface area contributed by atoms with Crippen LogP contribution in [0.15, 0.2) is 54.6 Å². The van der Waals surface area contributed by atoms with Gasteiger partial charge in [-0.15, -0.1) is 0 Å². The van der Waals surface area contributed by atoms with Crippen LogP contribution in [-0.4, -0.2) is 6.54 Å². The average Bonchev–Trinajstić information content (AvgIpc) is 2.45. The predicted octanol–water partition coefficient (Wildman–Crippen LogP) is 4.65. The maximum Gasteiger partial charge on any atom is 0.0579 e. The third-order valence-electron chi connectivity index (χ3n) is 4.39. The second-order valence-electron chi connectivity index (χ2n) is 5.66. The van der Waals surface area contributed by atoms with E-state index in [0.717, 1.165) is 12.5 Å². The van der Waals surface area contributed by atoms with Crippen molar-refractivity contribution >= 4 is 0 Å². The second-order valence-corrected chi connectivity index (χ2v) is 5.66. The summed E-state index contributed by atoms with van der Waals surface area (Å²) in [7, 11) is 0. The molecule has 1 heteroatoms. The van der Waals surface area contributed by atoms with Crippen LogP contribution < -0.4 is 5.32 Å². The first-order valence-electron chi connectivity index (χ1n) is 7.77. The van der Waals surface area contributed by atoms with Crippen LogP contribution in [0.3, 0.4) is 0 Å². The molecule has 1 aliphatic carbocycles. The topological polar surface area (TPSA) is 12.0 Å². The molecule has 1 saturated carbocycles. The Morgan fingerprint density at radius 3 is 2.35 bits per heavy atom. The zero-order valence-electron chi connectivity index (χ0n) is 12.2. The van der Waals surface area contributed by atoms with E-state index < -0.39 is 0 Å². The Bertz CT molecular complexity index is 543. The Labute approximate surface area is 122 Å². The Morgan fingerprint density at radius 2 is 1.70 bits per heavy atom. The number of nitrogens with one attached hydrogen (secondary N) is 1. The van der Waals surface area contributed by atoms with E-state index in [-0.39, 0.29) is 0 Å². The summed E-state index contributed by atoms with van der Waals surface area (Å²) in [4.78, 5) is 0. The van der Waals surface area contributed by atoms with Crippen molar-refractivity contribution in [3.05, 3.63) is 71.3 Å². The molecular formula is C19H23N. The van der Waals surface area contributed by atoms with Gasteiger partial charge in [-0.1, -0.05) is 67.9 Å². The van der Waals surface area contributed by atoms with Crippen LogP contribution in [0.5, 0.6) is 0 Å². The fraction of sp³-hybridized carbons (Fsp3) is 0.368. The SMILES string of the molecule is CCNC(c1ccccc1)c1ccccc1C1CCC1. The van der Waals surface area contributed by atoms with Gasteiger partial charge in [0.2, 0.25) is 0 Å². The fourth-order valence-corrected chi connectivity index (χ4v) is 3.12. The van der Waals surface area contributed by atoms with Crippen molar-refractivity contribution < 1.29 is 0 Å². The summed E-state index contributed by atoms with van der Waals surface area (Å²) in [6.07, 6.45) is 4.09. The highest BCUT2D eigenvalue weighted by Crippen LogP contribution is 2.40. The molecule has 104 valence electrons. The van der Waals surface area contributed by atoms with Gasteiger partial charge in [0.05, 0.1) is 6.04 Å². The van der Waals surface area contributed by atoms with E-state index in [4.69, 9.17) is 0 Å². The van der Waals surface area contributed by atoms with Crippen LogP contribution in [0, 0.1) is 0 Å². The molecule has 1 atom stereocenters. The number of hydrogen-bond donors (Lipinski definition) is 1. The van der Waals surface area contributed by atoms with E-state index in [9.17, 15) is 0 Å². The predicted molar refractivity (Wildman–Crippen MR) is 85.0 cm³/mol. The molecule has 1 unspecified atom stereocenters. The summed E-state index contributed by atoms with van der Waals surface area (Å²) in [6, 6.07) is 20.1. The van der Waals surface area contributed by atoms with Gasteiger partial charge in [0.25, 0.3) is 0 Å². The number of rotatable bonds is 5. The highest BCUT2D eigenvalue weighted by atomic mass is 14.9. The van der Waals surface area contributed by atoms with E-state index in [2.05, 4.69) is 66.8 Å². The largest absolute Gasteiger partial charge is 0.307 e. The summed E-state index contributed by atoms with van der Waals surface area (Å²) in [5.74, 6) is 0.774. The Balaban J connectivity index is 1.99. The van der Waals surface area contributed by atoms with Crippen molar-refractivity contribution in [2.45, 2.75) is 38.1 Å². The summed E-state index contributed by atoms with van der Waals surface area (Å²) < 4.78 is 0. The van der Waals surface area contributed by atoms with Gasteiger partial charge in [-0.25, -0.2) is 0 Å². The summed E-state index contributed by atoms with van der Waals surface area (Å²) in [5.41, 5.74) is 4.37. The minimum absolute atomic E-state index is 0.318. The maximum atomic E-state index is 3.66. The van der Waals surface area contributed by atoms with Gasteiger partial charge in [-0.2, -0.15) is 0 Å². The van der Waals surface area contributed by atoms with Gasteiger partial charge >= 0.3 is 0 Å². The van der Waals surface area contributed by atoms with Gasteiger partial charge < -0.3 is 5.32 Å². The molecule has 3 rings (SSSR count). The smallest absolute Gasteiger partial charge is 0.0579 e. The zero-order chi connectivity index (χ0) is 13.8. The van der Waals surface area contributed by atoms with Crippen molar-refractivity contribution in [3.63, 3.8) is 0 Å².